The number of aryl methyl sites for hydroxylation is 2. The smallest absolute Gasteiger partial charge is 0.358 e. The Morgan fingerprint density at radius 1 is 1.54 bits per heavy atom. The fourth-order valence-corrected chi connectivity index (χ4v) is 1.20. The van der Waals surface area contributed by atoms with Crippen LogP contribution in [0.5, 0.6) is 0 Å². The number of ether oxygens (including phenoxy) is 1. The molecule has 0 fully saturated rings. The molecule has 0 saturated heterocycles. The first-order valence-electron chi connectivity index (χ1n) is 3.78. The van der Waals surface area contributed by atoms with Crippen LogP contribution in [-0.2, 0) is 4.74 Å². The lowest BCUT2D eigenvalue weighted by molar-refractivity contribution is 0.0594. The van der Waals surface area contributed by atoms with Crippen molar-refractivity contribution in [2.24, 2.45) is 0 Å². The molecular weight excluding hydrogens is 190 g/mol. The quantitative estimate of drug-likeness (QED) is 0.651. The topological polar surface area (TPSA) is 39.2 Å². The Balaban J connectivity index is 3.23. The number of pyridine rings is 1. The van der Waals surface area contributed by atoms with Crippen molar-refractivity contribution >= 4 is 17.6 Å². The van der Waals surface area contributed by atoms with Crippen LogP contribution >= 0.6 is 11.6 Å². The molecule has 0 bridgehead atoms. The number of nitrogens with zero attached hydrogens (tertiary/aromatic N) is 1. The molecule has 0 aliphatic heterocycles. The maximum atomic E-state index is 11.1. The Kier molecular flexibility index (Phi) is 2.88. The highest BCUT2D eigenvalue weighted by Gasteiger charge is 2.13. The van der Waals surface area contributed by atoms with Crippen molar-refractivity contribution in [3.63, 3.8) is 0 Å². The Hall–Kier alpha value is -1.09. The molecule has 1 aromatic rings. The van der Waals surface area contributed by atoms with E-state index in [1.807, 2.05) is 13.8 Å². The van der Waals surface area contributed by atoms with E-state index in [9.17, 15) is 4.79 Å². The number of esters is 1. The van der Waals surface area contributed by atoms with Crippen LogP contribution in [0.25, 0.3) is 0 Å². The molecule has 0 aromatic carbocycles. The van der Waals surface area contributed by atoms with E-state index >= 15 is 0 Å². The first-order chi connectivity index (χ1) is 6.06. The Morgan fingerprint density at radius 3 is 2.69 bits per heavy atom. The van der Waals surface area contributed by atoms with Crippen molar-refractivity contribution in [1.29, 1.82) is 0 Å². The van der Waals surface area contributed by atoms with Gasteiger partial charge in [0.1, 0.15) is 0 Å². The van der Waals surface area contributed by atoms with Gasteiger partial charge in [-0.15, -0.1) is 0 Å². The molecule has 4 heteroatoms. The summed E-state index contributed by atoms with van der Waals surface area (Å²) in [4.78, 5) is 15.2. The number of halogens is 1. The summed E-state index contributed by atoms with van der Waals surface area (Å²) in [5.41, 5.74) is 1.91. The van der Waals surface area contributed by atoms with Gasteiger partial charge in [-0.2, -0.15) is 0 Å². The highest BCUT2D eigenvalue weighted by Crippen LogP contribution is 2.18. The minimum atomic E-state index is -0.506. The largest absolute Gasteiger partial charge is 0.464 e. The van der Waals surface area contributed by atoms with Crippen LogP contribution in [0.2, 0.25) is 5.02 Å². The second-order valence-electron chi connectivity index (χ2n) is 2.71. The molecule has 0 N–H and O–H groups in total. The van der Waals surface area contributed by atoms with Gasteiger partial charge in [0, 0.05) is 5.69 Å². The minimum Gasteiger partial charge on any atom is -0.464 e. The summed E-state index contributed by atoms with van der Waals surface area (Å²) >= 11 is 5.81. The fourth-order valence-electron chi connectivity index (χ4n) is 0.912. The summed E-state index contributed by atoms with van der Waals surface area (Å²) in [6.45, 7) is 3.70. The van der Waals surface area contributed by atoms with Gasteiger partial charge >= 0.3 is 5.97 Å². The van der Waals surface area contributed by atoms with Gasteiger partial charge in [0.15, 0.2) is 5.69 Å². The normalized spacial score (nSPS) is 9.85. The third-order valence-electron chi connectivity index (χ3n) is 1.80. The molecule has 0 saturated carbocycles. The maximum absolute atomic E-state index is 11.1. The first kappa shape index (κ1) is 9.99. The number of hydrogen-bond donors (Lipinski definition) is 0. The van der Waals surface area contributed by atoms with E-state index < -0.39 is 5.97 Å². The third-order valence-corrected chi connectivity index (χ3v) is 2.09. The zero-order valence-corrected chi connectivity index (χ0v) is 8.47. The van der Waals surface area contributed by atoms with E-state index in [4.69, 9.17) is 11.6 Å². The predicted molar refractivity (Wildman–Crippen MR) is 50.1 cm³/mol. The highest BCUT2D eigenvalue weighted by atomic mass is 35.5. The average molecular weight is 200 g/mol. The Labute approximate surface area is 81.7 Å². The van der Waals surface area contributed by atoms with E-state index in [0.29, 0.717) is 5.02 Å². The van der Waals surface area contributed by atoms with E-state index in [2.05, 4.69) is 9.72 Å². The highest BCUT2D eigenvalue weighted by molar-refractivity contribution is 6.33. The summed E-state index contributed by atoms with van der Waals surface area (Å²) in [6.07, 6.45) is 0. The van der Waals surface area contributed by atoms with Crippen molar-refractivity contribution in [2.75, 3.05) is 7.11 Å². The van der Waals surface area contributed by atoms with Gasteiger partial charge in [0.05, 0.1) is 12.1 Å². The monoisotopic (exact) mass is 199 g/mol. The molecule has 0 aliphatic rings. The van der Waals surface area contributed by atoms with Crippen molar-refractivity contribution in [3.8, 4) is 0 Å². The lowest BCUT2D eigenvalue weighted by atomic mass is 10.2. The van der Waals surface area contributed by atoms with Crippen LogP contribution in [0.4, 0.5) is 0 Å². The van der Waals surface area contributed by atoms with Gasteiger partial charge in [-0.1, -0.05) is 11.6 Å². The summed E-state index contributed by atoms with van der Waals surface area (Å²) in [7, 11) is 1.30. The van der Waals surface area contributed by atoms with Gasteiger partial charge in [-0.25, -0.2) is 9.78 Å². The zero-order valence-electron chi connectivity index (χ0n) is 7.72. The van der Waals surface area contributed by atoms with Gasteiger partial charge in [0.2, 0.25) is 0 Å². The SMILES string of the molecule is COC(=O)c1nc(C)c(C)cc1Cl. The fraction of sp³-hybridized carbons (Fsp3) is 0.333. The number of aromatic nitrogens is 1. The average Bonchev–Trinajstić information content (AvgIpc) is 2.10. The summed E-state index contributed by atoms with van der Waals surface area (Å²) in [5.74, 6) is -0.506. The number of hydrogen-bond acceptors (Lipinski definition) is 3. The number of carbonyl (C=O) groups is 1. The van der Waals surface area contributed by atoms with Crippen LogP contribution in [0.15, 0.2) is 6.07 Å². The van der Waals surface area contributed by atoms with Crippen LogP contribution in [0.1, 0.15) is 21.7 Å². The van der Waals surface area contributed by atoms with Crippen LogP contribution in [0, 0.1) is 13.8 Å². The summed E-state index contributed by atoms with van der Waals surface area (Å²) in [5, 5.41) is 0.329. The number of rotatable bonds is 1. The van der Waals surface area contributed by atoms with E-state index in [1.54, 1.807) is 6.07 Å². The molecule has 70 valence electrons. The van der Waals surface area contributed by atoms with E-state index in [0.717, 1.165) is 11.3 Å². The molecule has 0 aliphatic carbocycles. The van der Waals surface area contributed by atoms with E-state index in [-0.39, 0.29) is 5.69 Å². The second-order valence-corrected chi connectivity index (χ2v) is 3.12. The second kappa shape index (κ2) is 3.75. The standard InChI is InChI=1S/C9H10ClNO2/c1-5-4-7(10)8(9(12)13-3)11-6(5)2/h4H,1-3H3. The summed E-state index contributed by atoms with van der Waals surface area (Å²) in [6, 6.07) is 1.70. The van der Waals surface area contributed by atoms with Gasteiger partial charge < -0.3 is 4.74 Å². The zero-order chi connectivity index (χ0) is 10.0. The molecular formula is C9H10ClNO2. The van der Waals surface area contributed by atoms with Crippen molar-refractivity contribution in [1.82, 2.24) is 4.98 Å². The molecule has 1 aromatic heterocycles. The molecule has 0 spiro atoms. The Bertz CT molecular complexity index is 350. The van der Waals surface area contributed by atoms with Gasteiger partial charge in [-0.3, -0.25) is 0 Å². The Morgan fingerprint density at radius 2 is 2.15 bits per heavy atom. The first-order valence-corrected chi connectivity index (χ1v) is 4.16. The predicted octanol–water partition coefficient (Wildman–Crippen LogP) is 2.14. The molecule has 1 heterocycles. The molecule has 0 unspecified atom stereocenters. The van der Waals surface area contributed by atoms with E-state index in [1.165, 1.54) is 7.11 Å². The van der Waals surface area contributed by atoms with Crippen molar-refractivity contribution < 1.29 is 9.53 Å². The van der Waals surface area contributed by atoms with Gasteiger partial charge in [-0.05, 0) is 25.5 Å². The molecule has 13 heavy (non-hydrogen) atoms. The summed E-state index contributed by atoms with van der Waals surface area (Å²) < 4.78 is 4.53. The molecule has 0 amide bonds. The molecule has 0 atom stereocenters. The third kappa shape index (κ3) is 1.98. The van der Waals surface area contributed by atoms with Crippen molar-refractivity contribution in [2.45, 2.75) is 13.8 Å². The molecule has 3 nitrogen and oxygen atoms in total. The lowest BCUT2D eigenvalue weighted by Gasteiger charge is -2.04. The lowest BCUT2D eigenvalue weighted by Crippen LogP contribution is -2.06. The van der Waals surface area contributed by atoms with Gasteiger partial charge in [0.25, 0.3) is 0 Å². The molecule has 0 radical (unpaired) electrons. The van der Waals surface area contributed by atoms with Crippen molar-refractivity contribution in [3.05, 3.63) is 28.0 Å². The number of methoxy groups -OCH3 is 1. The minimum absolute atomic E-state index is 0.173. The van der Waals surface area contributed by atoms with Crippen LogP contribution < -0.4 is 0 Å². The maximum Gasteiger partial charge on any atom is 0.358 e. The van der Waals surface area contributed by atoms with Crippen LogP contribution in [0.3, 0.4) is 0 Å². The molecule has 1 rings (SSSR count). The van der Waals surface area contributed by atoms with Crippen LogP contribution in [-0.4, -0.2) is 18.1 Å². The number of carbonyl (C=O) groups excluding carboxylic acids is 1.